The summed E-state index contributed by atoms with van der Waals surface area (Å²) in [5, 5.41) is 5.35. The molecule has 27 heavy (non-hydrogen) atoms. The van der Waals surface area contributed by atoms with Crippen LogP contribution in [-0.4, -0.2) is 33.8 Å². The van der Waals surface area contributed by atoms with Gasteiger partial charge in [-0.1, -0.05) is 0 Å². The number of benzene rings is 1. The van der Waals surface area contributed by atoms with Gasteiger partial charge in [-0.3, -0.25) is 9.48 Å². The molecule has 1 N–H and O–H groups in total. The molecule has 2 aromatic heterocycles. The van der Waals surface area contributed by atoms with Crippen LogP contribution in [0, 0.1) is 6.92 Å². The summed E-state index contributed by atoms with van der Waals surface area (Å²) in [5.74, 6) is -3.12. The van der Waals surface area contributed by atoms with E-state index in [0.717, 1.165) is 0 Å². The van der Waals surface area contributed by atoms with Crippen LogP contribution >= 0.6 is 0 Å². The number of H-pyrrole nitrogens is 1. The topological polar surface area (TPSA) is 77.0 Å². The summed E-state index contributed by atoms with van der Waals surface area (Å²) in [6.45, 7) is 1.76. The molecule has 0 atom stereocenters. The Morgan fingerprint density at radius 2 is 2.00 bits per heavy atom. The van der Waals surface area contributed by atoms with Crippen molar-refractivity contribution in [3.05, 3.63) is 39.8 Å². The lowest BCUT2D eigenvalue weighted by molar-refractivity contribution is -0.0445. The van der Waals surface area contributed by atoms with Gasteiger partial charge in [0.1, 0.15) is 0 Å². The van der Waals surface area contributed by atoms with Crippen LogP contribution in [0.3, 0.4) is 0 Å². The lowest BCUT2D eigenvalue weighted by atomic mass is 9.92. The molecule has 1 saturated carbocycles. The monoisotopic (exact) mass is 375 g/mol. The second kappa shape index (κ2) is 6.14. The van der Waals surface area contributed by atoms with Crippen molar-refractivity contribution in [2.75, 3.05) is 7.11 Å². The van der Waals surface area contributed by atoms with E-state index in [2.05, 4.69) is 10.1 Å². The summed E-state index contributed by atoms with van der Waals surface area (Å²) in [4.78, 5) is 27.3. The molecular weight excluding hydrogens is 356 g/mol. The lowest BCUT2D eigenvalue weighted by Gasteiger charge is -2.29. The Balaban J connectivity index is 1.95. The molecule has 0 saturated heterocycles. The van der Waals surface area contributed by atoms with Crippen molar-refractivity contribution in [1.29, 1.82) is 0 Å². The van der Waals surface area contributed by atoms with E-state index >= 15 is 0 Å². The van der Waals surface area contributed by atoms with E-state index in [9.17, 15) is 18.4 Å². The average molecular weight is 375 g/mol. The second-order valence-electron chi connectivity index (χ2n) is 7.10. The number of alkyl halides is 2. The molecule has 0 aliphatic heterocycles. The Hall–Kier alpha value is -2.77. The third kappa shape index (κ3) is 2.89. The van der Waals surface area contributed by atoms with Gasteiger partial charge < -0.3 is 9.72 Å². The van der Waals surface area contributed by atoms with Crippen LogP contribution < -0.4 is 5.56 Å². The van der Waals surface area contributed by atoms with Gasteiger partial charge in [-0.05, 0) is 37.5 Å². The van der Waals surface area contributed by atoms with Gasteiger partial charge in [0.25, 0.3) is 5.56 Å². The van der Waals surface area contributed by atoms with Crippen LogP contribution in [0.2, 0.25) is 0 Å². The molecule has 1 aliphatic rings. The Bertz CT molecular complexity index is 1110. The first-order valence-corrected chi connectivity index (χ1v) is 8.81. The molecule has 1 aromatic carbocycles. The molecule has 142 valence electrons. The smallest absolute Gasteiger partial charge is 0.338 e. The van der Waals surface area contributed by atoms with Crippen molar-refractivity contribution in [3.8, 4) is 0 Å². The van der Waals surface area contributed by atoms with Crippen molar-refractivity contribution in [3.63, 3.8) is 0 Å². The molecule has 2 heterocycles. The van der Waals surface area contributed by atoms with Crippen LogP contribution in [0.25, 0.3) is 21.8 Å². The minimum atomic E-state index is -2.64. The maximum atomic E-state index is 13.5. The van der Waals surface area contributed by atoms with Crippen LogP contribution in [0.1, 0.15) is 47.6 Å². The van der Waals surface area contributed by atoms with Gasteiger partial charge >= 0.3 is 5.97 Å². The predicted molar refractivity (Wildman–Crippen MR) is 96.4 cm³/mol. The molecule has 4 rings (SSSR count). The fraction of sp³-hybridized carbons (Fsp3) is 0.421. The standard InChI is InChI=1S/C19H19F2N3O3/c1-10-7-15-13(8-12(10)18(26)27-2)16-14(17(25)23-15)9-22-24(16)11-3-5-19(20,21)6-4-11/h7-9,11H,3-6H2,1-2H3,(H,23,25). The number of hydrogen-bond donors (Lipinski definition) is 1. The molecular formula is C19H19F2N3O3. The second-order valence-corrected chi connectivity index (χ2v) is 7.10. The zero-order chi connectivity index (χ0) is 19.3. The average Bonchev–Trinajstić information content (AvgIpc) is 3.06. The van der Waals surface area contributed by atoms with Gasteiger partial charge in [0.2, 0.25) is 5.92 Å². The summed E-state index contributed by atoms with van der Waals surface area (Å²) in [6, 6.07) is 3.18. The quantitative estimate of drug-likeness (QED) is 0.693. The Morgan fingerprint density at radius 1 is 1.30 bits per heavy atom. The summed E-state index contributed by atoms with van der Waals surface area (Å²) in [7, 11) is 1.31. The highest BCUT2D eigenvalue weighted by Crippen LogP contribution is 2.39. The third-order valence-electron chi connectivity index (χ3n) is 5.35. The van der Waals surface area contributed by atoms with Crippen LogP contribution in [0.4, 0.5) is 8.78 Å². The number of rotatable bonds is 2. The molecule has 8 heteroatoms. The van der Waals surface area contributed by atoms with E-state index in [1.807, 2.05) is 0 Å². The largest absolute Gasteiger partial charge is 0.465 e. The molecule has 0 amide bonds. The third-order valence-corrected chi connectivity index (χ3v) is 5.35. The molecule has 0 spiro atoms. The van der Waals surface area contributed by atoms with Crippen molar-refractivity contribution in [2.24, 2.45) is 0 Å². The number of methoxy groups -OCH3 is 1. The zero-order valence-electron chi connectivity index (χ0n) is 15.0. The molecule has 0 radical (unpaired) electrons. The van der Waals surface area contributed by atoms with E-state index in [0.29, 0.717) is 32.9 Å². The van der Waals surface area contributed by atoms with Crippen LogP contribution in [0.5, 0.6) is 0 Å². The minimum absolute atomic E-state index is 0.202. The first kappa shape index (κ1) is 17.6. The lowest BCUT2D eigenvalue weighted by Crippen LogP contribution is -2.26. The number of pyridine rings is 1. The molecule has 6 nitrogen and oxygen atoms in total. The number of nitrogens with one attached hydrogen (secondary N) is 1. The van der Waals surface area contributed by atoms with E-state index in [1.165, 1.54) is 13.3 Å². The highest BCUT2D eigenvalue weighted by atomic mass is 19.3. The van der Waals surface area contributed by atoms with E-state index in [-0.39, 0.29) is 37.3 Å². The number of hydrogen-bond acceptors (Lipinski definition) is 4. The van der Waals surface area contributed by atoms with Crippen molar-refractivity contribution in [1.82, 2.24) is 14.8 Å². The summed E-state index contributed by atoms with van der Waals surface area (Å²) in [6.07, 6.45) is 1.62. The van der Waals surface area contributed by atoms with Gasteiger partial charge in [0.15, 0.2) is 0 Å². The number of nitrogens with zero attached hydrogens (tertiary/aromatic N) is 2. The number of aromatic nitrogens is 3. The van der Waals surface area contributed by atoms with Gasteiger partial charge in [-0.2, -0.15) is 5.10 Å². The SMILES string of the molecule is COC(=O)c1cc2c(cc1C)[nH]c(=O)c1cnn(C3CCC(F)(F)CC3)c12. The first-order chi connectivity index (χ1) is 12.8. The van der Waals surface area contributed by atoms with Crippen LogP contribution in [0.15, 0.2) is 23.1 Å². The highest BCUT2D eigenvalue weighted by Gasteiger charge is 2.36. The number of aryl methyl sites for hydroxylation is 1. The van der Waals surface area contributed by atoms with Gasteiger partial charge in [-0.25, -0.2) is 13.6 Å². The minimum Gasteiger partial charge on any atom is -0.465 e. The van der Waals surface area contributed by atoms with Crippen molar-refractivity contribution >= 4 is 27.8 Å². The number of esters is 1. The van der Waals surface area contributed by atoms with E-state index < -0.39 is 11.9 Å². The van der Waals surface area contributed by atoms with E-state index in [1.54, 1.807) is 23.7 Å². The maximum Gasteiger partial charge on any atom is 0.338 e. The highest BCUT2D eigenvalue weighted by molar-refractivity contribution is 6.06. The van der Waals surface area contributed by atoms with Crippen LogP contribution in [-0.2, 0) is 4.74 Å². The number of halogens is 2. The first-order valence-electron chi connectivity index (χ1n) is 8.81. The zero-order valence-corrected chi connectivity index (χ0v) is 15.0. The number of carbonyl (C=O) groups excluding carboxylic acids is 1. The summed E-state index contributed by atoms with van der Waals surface area (Å²) < 4.78 is 33.6. The van der Waals surface area contributed by atoms with Gasteiger partial charge in [0.05, 0.1) is 41.3 Å². The molecule has 1 aliphatic carbocycles. The number of aromatic amines is 1. The molecule has 3 aromatic rings. The number of fused-ring (bicyclic) bond motifs is 3. The Labute approximate surface area is 153 Å². The fourth-order valence-corrected chi connectivity index (χ4v) is 3.87. The summed E-state index contributed by atoms with van der Waals surface area (Å²) >= 11 is 0. The van der Waals surface area contributed by atoms with Crippen molar-refractivity contribution < 1.29 is 18.3 Å². The Morgan fingerprint density at radius 3 is 2.67 bits per heavy atom. The predicted octanol–water partition coefficient (Wildman–Crippen LogP) is 3.72. The van der Waals surface area contributed by atoms with E-state index in [4.69, 9.17) is 4.74 Å². The summed E-state index contributed by atoms with van der Waals surface area (Å²) in [5.41, 5.74) is 1.90. The number of ether oxygens (including phenoxy) is 1. The van der Waals surface area contributed by atoms with Gasteiger partial charge in [-0.15, -0.1) is 0 Å². The Kier molecular flexibility index (Phi) is 4.01. The number of carbonyl (C=O) groups is 1. The normalized spacial score (nSPS) is 17.5. The fourth-order valence-electron chi connectivity index (χ4n) is 3.87. The molecule has 0 unspecified atom stereocenters. The molecule has 0 bridgehead atoms. The molecule has 1 fully saturated rings. The maximum absolute atomic E-state index is 13.5. The van der Waals surface area contributed by atoms with Gasteiger partial charge in [0, 0.05) is 18.2 Å². The van der Waals surface area contributed by atoms with Crippen molar-refractivity contribution in [2.45, 2.75) is 44.6 Å².